The van der Waals surface area contributed by atoms with Gasteiger partial charge in [0.05, 0.1) is 38.6 Å². The number of carbonyl (C=O) groups excluding carboxylic acids is 1. The number of rotatable bonds is 52. The molecule has 19 heteroatoms. The van der Waals surface area contributed by atoms with Crippen LogP contribution in [0.1, 0.15) is 258 Å². The molecular formula is C66H123NO18. The standard InChI is InChI=1S/C66H123NO18/c1-3-5-7-9-11-13-14-15-16-17-18-19-20-21-22-23-24-25-26-27-28-29-30-31-32-33-34-36-38-40-42-44-54(72)67-49(50(71)43-41-39-37-35-12-10-8-6-4-2)48-80-64-60(78)57(75)62(52(46-69)82-64)85-66-61(79)58(76)63(53(47-70)83-66)84-65-59(77)56(74)55(73)51(45-68)81-65/h14-15,17-18,49-53,55-66,68-71,73-79H,3-13,16,19-48H2,1-2H3,(H,67,72)/b15-14-,18-17-. The first-order valence-corrected chi connectivity index (χ1v) is 34.1. The van der Waals surface area contributed by atoms with Crippen LogP contribution in [-0.4, -0.2) is 193 Å². The molecule has 3 heterocycles. The highest BCUT2D eigenvalue weighted by Gasteiger charge is 2.53. The van der Waals surface area contributed by atoms with Gasteiger partial charge >= 0.3 is 0 Å². The van der Waals surface area contributed by atoms with Crippen LogP contribution in [-0.2, 0) is 33.2 Å². The normalized spacial score (nSPS) is 29.1. The summed E-state index contributed by atoms with van der Waals surface area (Å²) in [5.74, 6) is -0.242. The summed E-state index contributed by atoms with van der Waals surface area (Å²) < 4.78 is 34.3. The Morgan fingerprint density at radius 2 is 0.776 bits per heavy atom. The summed E-state index contributed by atoms with van der Waals surface area (Å²) in [5.41, 5.74) is 0. The summed E-state index contributed by atoms with van der Waals surface area (Å²) in [6.45, 7) is 1.76. The van der Waals surface area contributed by atoms with Crippen LogP contribution < -0.4 is 5.32 Å². The minimum absolute atomic E-state index is 0.242. The topological polar surface area (TPSA) is 307 Å². The van der Waals surface area contributed by atoms with Crippen molar-refractivity contribution in [1.29, 1.82) is 0 Å². The molecule has 0 radical (unpaired) electrons. The first kappa shape index (κ1) is 77.5. The van der Waals surface area contributed by atoms with Crippen molar-refractivity contribution in [3.8, 4) is 0 Å². The van der Waals surface area contributed by atoms with Crippen molar-refractivity contribution >= 4 is 5.91 Å². The molecule has 17 atom stereocenters. The van der Waals surface area contributed by atoms with E-state index in [1.807, 2.05) is 0 Å². The van der Waals surface area contributed by atoms with Gasteiger partial charge in [-0.25, -0.2) is 0 Å². The zero-order valence-electron chi connectivity index (χ0n) is 52.6. The SMILES string of the molecule is CCCCCCC/C=C\C/C=C\CCCCCCCCCCCCCCCCCCCCCC(=O)NC(COC1OC(CO)C(OC2OC(CO)C(OC3OC(CO)C(O)C(O)C3O)C(O)C2O)C(O)C1O)C(O)CCCCCCCCCCC. The van der Waals surface area contributed by atoms with Gasteiger partial charge in [-0.2, -0.15) is 0 Å². The molecule has 0 aromatic carbocycles. The molecule has 0 aromatic rings. The lowest BCUT2D eigenvalue weighted by atomic mass is 9.96. The van der Waals surface area contributed by atoms with Crippen LogP contribution in [0.15, 0.2) is 24.3 Å². The van der Waals surface area contributed by atoms with Gasteiger partial charge in [-0.3, -0.25) is 4.79 Å². The van der Waals surface area contributed by atoms with Gasteiger partial charge in [-0.15, -0.1) is 0 Å². The molecule has 0 aromatic heterocycles. The zero-order valence-corrected chi connectivity index (χ0v) is 52.6. The molecule has 3 rings (SSSR count). The molecule has 85 heavy (non-hydrogen) atoms. The molecule has 12 N–H and O–H groups in total. The van der Waals surface area contributed by atoms with Gasteiger partial charge in [0.25, 0.3) is 0 Å². The maximum atomic E-state index is 13.4. The summed E-state index contributed by atoms with van der Waals surface area (Å²) >= 11 is 0. The third kappa shape index (κ3) is 31.7. The Hall–Kier alpha value is -1.73. The number of unbranched alkanes of at least 4 members (excludes halogenated alkanes) is 32. The average molecular weight is 1220 g/mol. The summed E-state index contributed by atoms with van der Waals surface area (Å²) in [4.78, 5) is 13.4. The average Bonchev–Trinajstić information content (AvgIpc) is 2.29. The molecule has 3 saturated heterocycles. The van der Waals surface area contributed by atoms with E-state index in [9.17, 15) is 61.0 Å². The molecule has 0 spiro atoms. The Balaban J connectivity index is 1.33. The van der Waals surface area contributed by atoms with E-state index >= 15 is 0 Å². The van der Waals surface area contributed by atoms with E-state index in [0.717, 1.165) is 51.4 Å². The number of allylic oxidation sites excluding steroid dienone is 4. The second-order valence-corrected chi connectivity index (χ2v) is 24.6. The van der Waals surface area contributed by atoms with E-state index in [1.54, 1.807) is 0 Å². The lowest BCUT2D eigenvalue weighted by molar-refractivity contribution is -0.379. The third-order valence-corrected chi connectivity index (χ3v) is 17.3. The van der Waals surface area contributed by atoms with Gasteiger partial charge in [0.2, 0.25) is 5.91 Å². The van der Waals surface area contributed by atoms with Crippen LogP contribution >= 0.6 is 0 Å². The summed E-state index contributed by atoms with van der Waals surface area (Å²) in [7, 11) is 0. The van der Waals surface area contributed by atoms with Gasteiger partial charge in [-0.05, 0) is 44.9 Å². The van der Waals surface area contributed by atoms with E-state index in [0.29, 0.717) is 12.8 Å². The molecule has 17 unspecified atom stereocenters. The molecule has 500 valence electrons. The lowest BCUT2D eigenvalue weighted by Crippen LogP contribution is -2.66. The molecule has 0 bridgehead atoms. The van der Waals surface area contributed by atoms with Gasteiger partial charge in [-0.1, -0.05) is 231 Å². The smallest absolute Gasteiger partial charge is 0.220 e. The molecule has 0 aliphatic carbocycles. The second-order valence-electron chi connectivity index (χ2n) is 24.6. The predicted molar refractivity (Wildman–Crippen MR) is 328 cm³/mol. The van der Waals surface area contributed by atoms with Crippen LogP contribution in [0.2, 0.25) is 0 Å². The predicted octanol–water partition coefficient (Wildman–Crippen LogP) is 8.27. The van der Waals surface area contributed by atoms with Crippen molar-refractivity contribution < 1.29 is 89.4 Å². The number of amides is 1. The lowest BCUT2D eigenvalue weighted by Gasteiger charge is -2.48. The van der Waals surface area contributed by atoms with E-state index in [1.165, 1.54) is 173 Å². The molecule has 3 aliphatic heterocycles. The van der Waals surface area contributed by atoms with Crippen LogP contribution in [0.4, 0.5) is 0 Å². The van der Waals surface area contributed by atoms with Crippen LogP contribution in [0.3, 0.4) is 0 Å². The quantitative estimate of drug-likeness (QED) is 0.0201. The monoisotopic (exact) mass is 1220 g/mol. The van der Waals surface area contributed by atoms with Crippen molar-refractivity contribution in [2.45, 2.75) is 362 Å². The Kier molecular flexibility index (Phi) is 44.7. The Morgan fingerprint density at radius 3 is 1.20 bits per heavy atom. The first-order chi connectivity index (χ1) is 41.3. The maximum Gasteiger partial charge on any atom is 0.220 e. The summed E-state index contributed by atoms with van der Waals surface area (Å²) in [6, 6.07) is -0.882. The number of aliphatic hydroxyl groups is 11. The minimum Gasteiger partial charge on any atom is -0.394 e. The molecule has 0 saturated carbocycles. The largest absolute Gasteiger partial charge is 0.394 e. The van der Waals surface area contributed by atoms with E-state index in [2.05, 4.69) is 43.5 Å². The summed E-state index contributed by atoms with van der Waals surface area (Å²) in [6.07, 6.45) is 27.3. The molecule has 3 fully saturated rings. The van der Waals surface area contributed by atoms with Gasteiger partial charge in [0.15, 0.2) is 18.9 Å². The van der Waals surface area contributed by atoms with Crippen molar-refractivity contribution in [3.63, 3.8) is 0 Å². The van der Waals surface area contributed by atoms with E-state index in [-0.39, 0.29) is 18.9 Å². The Bertz CT molecular complexity index is 1640. The fourth-order valence-corrected chi connectivity index (χ4v) is 11.7. The van der Waals surface area contributed by atoms with Crippen LogP contribution in [0.25, 0.3) is 0 Å². The number of ether oxygens (including phenoxy) is 6. The fraction of sp³-hybridized carbons (Fsp3) is 0.924. The molecule has 3 aliphatic rings. The van der Waals surface area contributed by atoms with Crippen molar-refractivity contribution in [1.82, 2.24) is 5.32 Å². The van der Waals surface area contributed by atoms with Gasteiger partial charge < -0.3 is 89.9 Å². The van der Waals surface area contributed by atoms with Crippen molar-refractivity contribution in [3.05, 3.63) is 24.3 Å². The highest BCUT2D eigenvalue weighted by atomic mass is 16.8. The van der Waals surface area contributed by atoms with Gasteiger partial charge in [0, 0.05) is 6.42 Å². The third-order valence-electron chi connectivity index (χ3n) is 17.3. The number of carbonyl (C=O) groups is 1. The van der Waals surface area contributed by atoms with Crippen molar-refractivity contribution in [2.75, 3.05) is 26.4 Å². The number of nitrogens with one attached hydrogen (secondary N) is 1. The van der Waals surface area contributed by atoms with E-state index < -0.39 is 124 Å². The minimum atomic E-state index is -1.97. The Morgan fingerprint density at radius 1 is 0.424 bits per heavy atom. The number of aliphatic hydroxyl groups excluding tert-OH is 11. The van der Waals surface area contributed by atoms with Crippen molar-refractivity contribution in [2.24, 2.45) is 0 Å². The van der Waals surface area contributed by atoms with Gasteiger partial charge in [0.1, 0.15) is 73.2 Å². The highest BCUT2D eigenvalue weighted by Crippen LogP contribution is 2.33. The Labute approximate surface area is 511 Å². The second kappa shape index (κ2) is 49.0. The highest BCUT2D eigenvalue weighted by molar-refractivity contribution is 5.76. The van der Waals surface area contributed by atoms with Crippen LogP contribution in [0.5, 0.6) is 0 Å². The first-order valence-electron chi connectivity index (χ1n) is 34.1. The zero-order chi connectivity index (χ0) is 61.9. The molecule has 19 nitrogen and oxygen atoms in total. The number of hydrogen-bond acceptors (Lipinski definition) is 18. The maximum absolute atomic E-state index is 13.4. The fourth-order valence-electron chi connectivity index (χ4n) is 11.7. The van der Waals surface area contributed by atoms with Crippen LogP contribution in [0, 0.1) is 0 Å². The number of hydrogen-bond donors (Lipinski definition) is 12. The summed E-state index contributed by atoms with van der Waals surface area (Å²) in [5, 5.41) is 120. The molecular weight excluding hydrogens is 1090 g/mol. The van der Waals surface area contributed by atoms with E-state index in [4.69, 9.17) is 28.4 Å². The molecule has 1 amide bonds.